The lowest BCUT2D eigenvalue weighted by Crippen LogP contribution is -2.12. The van der Waals surface area contributed by atoms with Crippen LogP contribution in [0.4, 0.5) is 0 Å². The highest BCUT2D eigenvalue weighted by molar-refractivity contribution is 6.16. The highest BCUT2D eigenvalue weighted by Crippen LogP contribution is 2.26. The number of H-pyrrole nitrogens is 1. The van der Waals surface area contributed by atoms with Crippen LogP contribution in [0.5, 0.6) is 5.75 Å². The second kappa shape index (κ2) is 5.83. The smallest absolute Gasteiger partial charge is 0.340 e. The Morgan fingerprint density at radius 2 is 1.62 bits per heavy atom. The lowest BCUT2D eigenvalue weighted by atomic mass is 9.98. The molecule has 0 fully saturated rings. The van der Waals surface area contributed by atoms with E-state index in [4.69, 9.17) is 9.47 Å². The number of aryl methyl sites for hydroxylation is 2. The Bertz CT molecular complexity index is 700. The van der Waals surface area contributed by atoms with E-state index in [1.165, 1.54) is 14.2 Å². The van der Waals surface area contributed by atoms with Crippen molar-refractivity contribution < 1.29 is 19.1 Å². The largest absolute Gasteiger partial charge is 0.496 e. The summed E-state index contributed by atoms with van der Waals surface area (Å²) >= 11 is 0. The first-order valence-corrected chi connectivity index (χ1v) is 6.46. The zero-order valence-electron chi connectivity index (χ0n) is 12.4. The fraction of sp³-hybridized carbons (Fsp3) is 0.250. The molecule has 1 aromatic carbocycles. The summed E-state index contributed by atoms with van der Waals surface area (Å²) in [5.74, 6) is -0.332. The summed E-state index contributed by atoms with van der Waals surface area (Å²) in [7, 11) is 2.80. The number of aromatic amines is 1. The molecular formula is C16H17NO4. The van der Waals surface area contributed by atoms with E-state index in [1.54, 1.807) is 38.1 Å². The Morgan fingerprint density at radius 1 is 1.00 bits per heavy atom. The highest BCUT2D eigenvalue weighted by atomic mass is 16.5. The third-order valence-corrected chi connectivity index (χ3v) is 3.34. The summed E-state index contributed by atoms with van der Waals surface area (Å²) in [6.07, 6.45) is 0. The molecule has 1 heterocycles. The normalized spacial score (nSPS) is 10.3. The van der Waals surface area contributed by atoms with E-state index < -0.39 is 5.97 Å². The van der Waals surface area contributed by atoms with E-state index in [0.717, 1.165) is 0 Å². The third kappa shape index (κ3) is 2.54. The molecule has 0 saturated heterocycles. The van der Waals surface area contributed by atoms with Gasteiger partial charge in [-0.25, -0.2) is 4.79 Å². The second-order valence-corrected chi connectivity index (χ2v) is 4.65. The van der Waals surface area contributed by atoms with Crippen molar-refractivity contribution in [3.05, 3.63) is 52.3 Å². The van der Waals surface area contributed by atoms with Gasteiger partial charge in [-0.2, -0.15) is 0 Å². The van der Waals surface area contributed by atoms with Gasteiger partial charge in [0, 0.05) is 11.4 Å². The molecule has 0 aliphatic carbocycles. The van der Waals surface area contributed by atoms with Crippen LogP contribution in [0.2, 0.25) is 0 Å². The topological polar surface area (TPSA) is 68.4 Å². The van der Waals surface area contributed by atoms with Gasteiger partial charge in [0.05, 0.1) is 30.9 Å². The molecule has 0 spiro atoms. The first-order chi connectivity index (χ1) is 10.0. The van der Waals surface area contributed by atoms with Crippen molar-refractivity contribution in [1.82, 2.24) is 4.98 Å². The van der Waals surface area contributed by atoms with Crippen molar-refractivity contribution in [2.45, 2.75) is 13.8 Å². The number of aromatic nitrogens is 1. The maximum absolute atomic E-state index is 12.8. The lowest BCUT2D eigenvalue weighted by molar-refractivity contribution is 0.0597. The number of rotatable bonds is 4. The number of para-hydroxylation sites is 1. The van der Waals surface area contributed by atoms with Gasteiger partial charge in [-0.15, -0.1) is 0 Å². The van der Waals surface area contributed by atoms with Crippen molar-refractivity contribution in [1.29, 1.82) is 0 Å². The number of carbonyl (C=O) groups is 2. The van der Waals surface area contributed by atoms with Gasteiger partial charge in [-0.3, -0.25) is 4.79 Å². The van der Waals surface area contributed by atoms with Crippen LogP contribution in [0, 0.1) is 13.8 Å². The molecule has 21 heavy (non-hydrogen) atoms. The van der Waals surface area contributed by atoms with Crippen LogP contribution >= 0.6 is 0 Å². The lowest BCUT2D eigenvalue weighted by Gasteiger charge is -2.08. The van der Waals surface area contributed by atoms with E-state index in [0.29, 0.717) is 28.3 Å². The standard InChI is InChI=1S/C16H17NO4/c1-9-13(14(10(2)17-9)16(19)21-4)15(18)11-7-5-6-8-12(11)20-3/h5-8,17H,1-4H3. The summed E-state index contributed by atoms with van der Waals surface area (Å²) in [4.78, 5) is 27.7. The molecule has 2 aromatic rings. The minimum absolute atomic E-state index is 0.269. The summed E-state index contributed by atoms with van der Waals surface area (Å²) in [6, 6.07) is 6.92. The molecule has 0 atom stereocenters. The van der Waals surface area contributed by atoms with Crippen LogP contribution in [0.1, 0.15) is 37.7 Å². The maximum Gasteiger partial charge on any atom is 0.340 e. The molecule has 5 nitrogen and oxygen atoms in total. The summed E-state index contributed by atoms with van der Waals surface area (Å²) in [5, 5.41) is 0. The molecule has 0 aliphatic rings. The van der Waals surface area contributed by atoms with Gasteiger partial charge in [-0.1, -0.05) is 12.1 Å². The first kappa shape index (κ1) is 14.8. The zero-order valence-corrected chi connectivity index (χ0v) is 12.4. The molecule has 5 heteroatoms. The van der Waals surface area contributed by atoms with Crippen LogP contribution in [0.3, 0.4) is 0 Å². The Hall–Kier alpha value is -2.56. The molecule has 1 aromatic heterocycles. The van der Waals surface area contributed by atoms with E-state index in [1.807, 2.05) is 0 Å². The number of methoxy groups -OCH3 is 2. The quantitative estimate of drug-likeness (QED) is 0.693. The Kier molecular flexibility index (Phi) is 4.12. The number of nitrogens with one attached hydrogen (secondary N) is 1. The summed E-state index contributed by atoms with van der Waals surface area (Å²) < 4.78 is 9.99. The monoisotopic (exact) mass is 287 g/mol. The van der Waals surface area contributed by atoms with Gasteiger partial charge >= 0.3 is 5.97 Å². The van der Waals surface area contributed by atoms with Gasteiger partial charge in [-0.05, 0) is 26.0 Å². The third-order valence-electron chi connectivity index (χ3n) is 3.34. The number of hydrogen-bond donors (Lipinski definition) is 1. The van der Waals surface area contributed by atoms with Crippen molar-refractivity contribution >= 4 is 11.8 Å². The fourth-order valence-corrected chi connectivity index (χ4v) is 2.39. The molecule has 0 radical (unpaired) electrons. The zero-order chi connectivity index (χ0) is 15.6. The van der Waals surface area contributed by atoms with E-state index in [2.05, 4.69) is 4.98 Å². The average Bonchev–Trinajstić information content (AvgIpc) is 2.80. The van der Waals surface area contributed by atoms with Gasteiger partial charge < -0.3 is 14.5 Å². The SMILES string of the molecule is COC(=O)c1c(C)[nH]c(C)c1C(=O)c1ccccc1OC. The van der Waals surface area contributed by atoms with Gasteiger partial charge in [0.2, 0.25) is 0 Å². The van der Waals surface area contributed by atoms with Crippen molar-refractivity contribution in [3.8, 4) is 5.75 Å². The number of carbonyl (C=O) groups excluding carboxylic acids is 2. The molecule has 0 aliphatic heterocycles. The van der Waals surface area contributed by atoms with E-state index >= 15 is 0 Å². The van der Waals surface area contributed by atoms with E-state index in [9.17, 15) is 9.59 Å². The van der Waals surface area contributed by atoms with Gasteiger partial charge in [0.25, 0.3) is 0 Å². The molecule has 1 N–H and O–H groups in total. The molecule has 0 bridgehead atoms. The molecule has 0 unspecified atom stereocenters. The maximum atomic E-state index is 12.8. The van der Waals surface area contributed by atoms with Crippen LogP contribution < -0.4 is 4.74 Å². The number of hydrogen-bond acceptors (Lipinski definition) is 4. The second-order valence-electron chi connectivity index (χ2n) is 4.65. The minimum Gasteiger partial charge on any atom is -0.496 e. The molecular weight excluding hydrogens is 270 g/mol. The fourth-order valence-electron chi connectivity index (χ4n) is 2.39. The predicted molar refractivity (Wildman–Crippen MR) is 78.0 cm³/mol. The summed E-state index contributed by atoms with van der Waals surface area (Å²) in [6.45, 7) is 3.49. The number of ether oxygens (including phenoxy) is 2. The minimum atomic E-state index is -0.532. The van der Waals surface area contributed by atoms with Gasteiger partial charge in [0.1, 0.15) is 5.75 Å². The number of benzene rings is 1. The number of ketones is 1. The Morgan fingerprint density at radius 3 is 2.24 bits per heavy atom. The molecule has 0 amide bonds. The Labute approximate surface area is 122 Å². The van der Waals surface area contributed by atoms with Crippen molar-refractivity contribution in [2.75, 3.05) is 14.2 Å². The average molecular weight is 287 g/mol. The van der Waals surface area contributed by atoms with Crippen molar-refractivity contribution in [2.24, 2.45) is 0 Å². The first-order valence-electron chi connectivity index (χ1n) is 6.46. The van der Waals surface area contributed by atoms with E-state index in [-0.39, 0.29) is 11.3 Å². The van der Waals surface area contributed by atoms with Gasteiger partial charge in [0.15, 0.2) is 5.78 Å². The van der Waals surface area contributed by atoms with Crippen LogP contribution in [0.25, 0.3) is 0 Å². The van der Waals surface area contributed by atoms with Crippen molar-refractivity contribution in [3.63, 3.8) is 0 Å². The Balaban J connectivity index is 2.61. The van der Waals surface area contributed by atoms with Crippen LogP contribution in [0.15, 0.2) is 24.3 Å². The van der Waals surface area contributed by atoms with Crippen LogP contribution in [-0.4, -0.2) is 31.0 Å². The highest BCUT2D eigenvalue weighted by Gasteiger charge is 2.27. The number of esters is 1. The summed E-state index contributed by atoms with van der Waals surface area (Å²) in [5.41, 5.74) is 2.24. The van der Waals surface area contributed by atoms with Crippen LogP contribution in [-0.2, 0) is 4.74 Å². The molecule has 0 saturated carbocycles. The molecule has 2 rings (SSSR count). The predicted octanol–water partition coefficient (Wildman–Crippen LogP) is 2.66. The molecule has 110 valence electrons.